The van der Waals surface area contributed by atoms with Crippen molar-refractivity contribution in [1.82, 2.24) is 5.32 Å². The van der Waals surface area contributed by atoms with Crippen LogP contribution in [0.15, 0.2) is 48.2 Å². The van der Waals surface area contributed by atoms with Gasteiger partial charge in [-0.15, -0.1) is 0 Å². The molecule has 3 nitrogen and oxygen atoms in total. The number of carbonyl (C=O) groups is 1. The van der Waals surface area contributed by atoms with Crippen LogP contribution in [0.4, 0.5) is 0 Å². The Labute approximate surface area is 153 Å². The first-order valence-electron chi connectivity index (χ1n) is 8.37. The molecule has 1 unspecified atom stereocenters. The molecule has 1 aliphatic rings. The monoisotopic (exact) mass is 355 g/mol. The zero-order chi connectivity index (χ0) is 18.4. The summed E-state index contributed by atoms with van der Waals surface area (Å²) in [7, 11) is 0. The number of aliphatic hydroxyl groups excluding tert-OH is 1. The van der Waals surface area contributed by atoms with Crippen LogP contribution in [-0.2, 0) is 4.79 Å². The Morgan fingerprint density at radius 3 is 2.24 bits per heavy atom. The molecule has 3 rings (SSSR count). The van der Waals surface area contributed by atoms with Gasteiger partial charge in [0.2, 0.25) is 0 Å². The molecular formula is C21H22ClNO2. The predicted octanol–water partition coefficient (Wildman–Crippen LogP) is 5.13. The van der Waals surface area contributed by atoms with E-state index < -0.39 is 5.54 Å². The maximum absolute atomic E-state index is 12.6. The van der Waals surface area contributed by atoms with E-state index in [0.29, 0.717) is 10.6 Å². The molecule has 0 fully saturated rings. The van der Waals surface area contributed by atoms with Gasteiger partial charge in [0.15, 0.2) is 0 Å². The SMILES string of the molecule is Cc1ccc(-c2ccc(Cl)cc2)cc1C1=C(O)C(C)(C(C)C)NC1=O. The Morgan fingerprint density at radius 2 is 1.68 bits per heavy atom. The van der Waals surface area contributed by atoms with E-state index in [-0.39, 0.29) is 17.6 Å². The lowest BCUT2D eigenvalue weighted by Crippen LogP contribution is -2.46. The van der Waals surface area contributed by atoms with E-state index in [0.717, 1.165) is 22.3 Å². The summed E-state index contributed by atoms with van der Waals surface area (Å²) in [4.78, 5) is 12.6. The Balaban J connectivity index is 2.14. The molecule has 25 heavy (non-hydrogen) atoms. The number of hydrogen-bond donors (Lipinski definition) is 2. The van der Waals surface area contributed by atoms with E-state index in [2.05, 4.69) is 5.32 Å². The van der Waals surface area contributed by atoms with Crippen molar-refractivity contribution in [3.8, 4) is 11.1 Å². The van der Waals surface area contributed by atoms with Gasteiger partial charge in [0.1, 0.15) is 5.76 Å². The number of hydrogen-bond acceptors (Lipinski definition) is 2. The first kappa shape index (κ1) is 17.6. The number of aliphatic hydroxyl groups is 1. The average molecular weight is 356 g/mol. The van der Waals surface area contributed by atoms with Crippen molar-refractivity contribution in [1.29, 1.82) is 0 Å². The third-order valence-electron chi connectivity index (χ3n) is 5.17. The van der Waals surface area contributed by atoms with Crippen molar-refractivity contribution in [2.75, 3.05) is 0 Å². The number of benzene rings is 2. The average Bonchev–Trinajstić information content (AvgIpc) is 2.80. The van der Waals surface area contributed by atoms with E-state index in [1.807, 2.05) is 70.2 Å². The highest BCUT2D eigenvalue weighted by Crippen LogP contribution is 2.38. The van der Waals surface area contributed by atoms with Crippen LogP contribution in [0.5, 0.6) is 0 Å². The lowest BCUT2D eigenvalue weighted by molar-refractivity contribution is -0.116. The van der Waals surface area contributed by atoms with Crippen molar-refractivity contribution in [2.24, 2.45) is 5.92 Å². The molecule has 130 valence electrons. The second-order valence-corrected chi connectivity index (χ2v) is 7.51. The zero-order valence-electron chi connectivity index (χ0n) is 14.9. The molecule has 0 bridgehead atoms. The van der Waals surface area contributed by atoms with Gasteiger partial charge in [0.25, 0.3) is 5.91 Å². The number of rotatable bonds is 3. The number of halogens is 1. The van der Waals surface area contributed by atoms with Gasteiger partial charge in [-0.2, -0.15) is 0 Å². The third kappa shape index (κ3) is 2.93. The van der Waals surface area contributed by atoms with Crippen LogP contribution in [0, 0.1) is 12.8 Å². The molecule has 0 radical (unpaired) electrons. The predicted molar refractivity (Wildman–Crippen MR) is 103 cm³/mol. The second-order valence-electron chi connectivity index (χ2n) is 7.07. The zero-order valence-corrected chi connectivity index (χ0v) is 15.6. The molecule has 4 heteroatoms. The molecule has 0 saturated carbocycles. The third-order valence-corrected chi connectivity index (χ3v) is 5.42. The van der Waals surface area contributed by atoms with E-state index in [4.69, 9.17) is 11.6 Å². The maximum Gasteiger partial charge on any atom is 0.256 e. The summed E-state index contributed by atoms with van der Waals surface area (Å²) >= 11 is 5.97. The molecule has 1 atom stereocenters. The van der Waals surface area contributed by atoms with Gasteiger partial charge in [-0.05, 0) is 60.2 Å². The smallest absolute Gasteiger partial charge is 0.256 e. The number of amides is 1. The van der Waals surface area contributed by atoms with Crippen molar-refractivity contribution >= 4 is 23.1 Å². The first-order valence-corrected chi connectivity index (χ1v) is 8.75. The molecule has 0 aliphatic carbocycles. The maximum atomic E-state index is 12.6. The quantitative estimate of drug-likeness (QED) is 0.801. The van der Waals surface area contributed by atoms with Crippen molar-refractivity contribution in [2.45, 2.75) is 33.2 Å². The number of aryl methyl sites for hydroxylation is 1. The molecule has 2 aromatic carbocycles. The lowest BCUT2D eigenvalue weighted by Gasteiger charge is -2.29. The van der Waals surface area contributed by atoms with Crippen LogP contribution in [0.2, 0.25) is 5.02 Å². The topological polar surface area (TPSA) is 49.3 Å². The van der Waals surface area contributed by atoms with Crippen molar-refractivity contribution in [3.63, 3.8) is 0 Å². The van der Waals surface area contributed by atoms with Crippen LogP contribution in [0.25, 0.3) is 16.7 Å². The Kier molecular flexibility index (Phi) is 4.38. The highest BCUT2D eigenvalue weighted by atomic mass is 35.5. The molecule has 1 amide bonds. The second kappa shape index (κ2) is 6.23. The van der Waals surface area contributed by atoms with E-state index in [1.54, 1.807) is 0 Å². The molecule has 0 saturated heterocycles. The molecule has 2 N–H and O–H groups in total. The fourth-order valence-corrected chi connectivity index (χ4v) is 3.23. The van der Waals surface area contributed by atoms with Gasteiger partial charge in [0, 0.05) is 5.02 Å². The van der Waals surface area contributed by atoms with Gasteiger partial charge in [-0.3, -0.25) is 4.79 Å². The van der Waals surface area contributed by atoms with Gasteiger partial charge in [0.05, 0.1) is 11.1 Å². The fraction of sp³-hybridized carbons (Fsp3) is 0.286. The van der Waals surface area contributed by atoms with E-state index in [9.17, 15) is 9.90 Å². The van der Waals surface area contributed by atoms with Gasteiger partial charge < -0.3 is 10.4 Å². The fourth-order valence-electron chi connectivity index (χ4n) is 3.11. The Bertz CT molecular complexity index is 868. The summed E-state index contributed by atoms with van der Waals surface area (Å²) in [6, 6.07) is 13.5. The van der Waals surface area contributed by atoms with Crippen LogP contribution in [0.3, 0.4) is 0 Å². The van der Waals surface area contributed by atoms with Gasteiger partial charge >= 0.3 is 0 Å². The summed E-state index contributed by atoms with van der Waals surface area (Å²) in [5, 5.41) is 14.4. The van der Waals surface area contributed by atoms with E-state index >= 15 is 0 Å². The van der Waals surface area contributed by atoms with Crippen molar-refractivity contribution in [3.05, 3.63) is 64.4 Å². The molecule has 1 heterocycles. The molecular weight excluding hydrogens is 334 g/mol. The minimum absolute atomic E-state index is 0.0775. The van der Waals surface area contributed by atoms with E-state index in [1.165, 1.54) is 0 Å². The van der Waals surface area contributed by atoms with Crippen LogP contribution in [0.1, 0.15) is 31.9 Å². The van der Waals surface area contributed by atoms with Crippen LogP contribution in [-0.4, -0.2) is 16.6 Å². The molecule has 2 aromatic rings. The Hall–Kier alpha value is -2.26. The molecule has 0 spiro atoms. The normalized spacial score (nSPS) is 20.3. The first-order chi connectivity index (χ1) is 11.7. The summed E-state index contributed by atoms with van der Waals surface area (Å²) < 4.78 is 0. The minimum atomic E-state index is -0.741. The lowest BCUT2D eigenvalue weighted by atomic mass is 9.86. The molecule has 0 aromatic heterocycles. The summed E-state index contributed by atoms with van der Waals surface area (Å²) in [5.74, 6) is -0.0392. The molecule has 1 aliphatic heterocycles. The largest absolute Gasteiger partial charge is 0.509 e. The Morgan fingerprint density at radius 1 is 1.08 bits per heavy atom. The highest BCUT2D eigenvalue weighted by molar-refractivity contribution is 6.30. The summed E-state index contributed by atoms with van der Waals surface area (Å²) in [6.45, 7) is 7.77. The number of carbonyl (C=O) groups excluding carboxylic acids is 1. The standard InChI is InChI=1S/C21H22ClNO2/c1-12(2)21(4)19(24)18(20(25)23-21)17-11-15(6-5-13(17)3)14-7-9-16(22)10-8-14/h5-12,24H,1-4H3,(H,23,25). The van der Waals surface area contributed by atoms with Gasteiger partial charge in [-0.1, -0.05) is 49.7 Å². The van der Waals surface area contributed by atoms with Crippen LogP contribution < -0.4 is 5.32 Å². The highest BCUT2D eigenvalue weighted by Gasteiger charge is 2.44. The van der Waals surface area contributed by atoms with Crippen molar-refractivity contribution < 1.29 is 9.90 Å². The van der Waals surface area contributed by atoms with Crippen LogP contribution >= 0.6 is 11.6 Å². The minimum Gasteiger partial charge on any atom is -0.509 e. The van der Waals surface area contributed by atoms with Gasteiger partial charge in [-0.25, -0.2) is 0 Å². The summed E-state index contributed by atoms with van der Waals surface area (Å²) in [6.07, 6.45) is 0. The summed E-state index contributed by atoms with van der Waals surface area (Å²) in [5.41, 5.74) is 3.31. The number of nitrogens with one attached hydrogen (secondary N) is 1.